The first-order chi connectivity index (χ1) is 13.9. The van der Waals surface area contributed by atoms with E-state index in [2.05, 4.69) is 15.1 Å². The van der Waals surface area contributed by atoms with Crippen LogP contribution in [0.2, 0.25) is 0 Å². The molecule has 4 rings (SSSR count). The van der Waals surface area contributed by atoms with Gasteiger partial charge in [-0.25, -0.2) is 4.79 Å². The largest absolute Gasteiger partial charge is 0.444 e. The maximum Gasteiger partial charge on any atom is 0.410 e. The van der Waals surface area contributed by atoms with Crippen molar-refractivity contribution in [3.8, 4) is 22.8 Å². The second-order valence-corrected chi connectivity index (χ2v) is 8.12. The first kappa shape index (κ1) is 19.1. The Balaban J connectivity index is 1.58. The van der Waals surface area contributed by atoms with E-state index in [1.54, 1.807) is 17.3 Å². The van der Waals surface area contributed by atoms with Crippen LogP contribution in [-0.2, 0) is 4.74 Å². The minimum Gasteiger partial charge on any atom is -0.444 e. The highest BCUT2D eigenvalue weighted by molar-refractivity contribution is 5.69. The van der Waals surface area contributed by atoms with E-state index in [0.29, 0.717) is 18.3 Å². The summed E-state index contributed by atoms with van der Waals surface area (Å²) in [6, 6.07) is 11.6. The summed E-state index contributed by atoms with van der Waals surface area (Å²) in [4.78, 5) is 23.0. The highest BCUT2D eigenvalue weighted by atomic mass is 16.6. The number of carbonyl (C=O) groups is 1. The molecule has 1 fully saturated rings. The predicted molar refractivity (Wildman–Crippen MR) is 108 cm³/mol. The smallest absolute Gasteiger partial charge is 0.410 e. The molecular weight excluding hydrogens is 368 g/mol. The van der Waals surface area contributed by atoms with Gasteiger partial charge in [-0.3, -0.25) is 4.98 Å². The van der Waals surface area contributed by atoms with E-state index in [-0.39, 0.29) is 12.1 Å². The van der Waals surface area contributed by atoms with Crippen LogP contribution in [0.4, 0.5) is 4.79 Å². The molecule has 1 aliphatic heterocycles. The number of amides is 1. The zero-order valence-corrected chi connectivity index (χ0v) is 16.8. The number of nitrogens with zero attached hydrogens (tertiary/aromatic N) is 4. The van der Waals surface area contributed by atoms with Crippen molar-refractivity contribution in [3.05, 3.63) is 54.4 Å². The molecule has 0 radical (unpaired) electrons. The Hall–Kier alpha value is -3.22. The fourth-order valence-corrected chi connectivity index (χ4v) is 3.48. The number of hydrogen-bond acceptors (Lipinski definition) is 6. The molecule has 2 aromatic heterocycles. The molecule has 29 heavy (non-hydrogen) atoms. The average Bonchev–Trinajstić information content (AvgIpc) is 3.37. The fourth-order valence-electron chi connectivity index (χ4n) is 3.48. The number of rotatable bonds is 3. The van der Waals surface area contributed by atoms with Gasteiger partial charge >= 0.3 is 6.09 Å². The van der Waals surface area contributed by atoms with E-state index < -0.39 is 5.60 Å². The molecule has 150 valence electrons. The third kappa shape index (κ3) is 4.29. The van der Waals surface area contributed by atoms with E-state index in [4.69, 9.17) is 9.26 Å². The Morgan fingerprint density at radius 3 is 2.79 bits per heavy atom. The average molecular weight is 392 g/mol. The summed E-state index contributed by atoms with van der Waals surface area (Å²) in [5, 5.41) is 4.06. The van der Waals surface area contributed by atoms with Gasteiger partial charge < -0.3 is 14.2 Å². The molecule has 1 aliphatic rings. The van der Waals surface area contributed by atoms with Gasteiger partial charge in [-0.1, -0.05) is 17.3 Å². The van der Waals surface area contributed by atoms with Crippen molar-refractivity contribution in [2.24, 2.45) is 0 Å². The summed E-state index contributed by atoms with van der Waals surface area (Å²) < 4.78 is 11.0. The van der Waals surface area contributed by atoms with Gasteiger partial charge in [0, 0.05) is 30.1 Å². The zero-order valence-electron chi connectivity index (χ0n) is 16.8. The molecule has 0 spiro atoms. The van der Waals surface area contributed by atoms with E-state index >= 15 is 0 Å². The van der Waals surface area contributed by atoms with Crippen molar-refractivity contribution in [2.45, 2.75) is 45.3 Å². The zero-order chi connectivity index (χ0) is 20.4. The van der Waals surface area contributed by atoms with Crippen molar-refractivity contribution >= 4 is 6.09 Å². The lowest BCUT2D eigenvalue weighted by atomic mass is 10.0. The topological polar surface area (TPSA) is 81.4 Å². The van der Waals surface area contributed by atoms with Gasteiger partial charge in [0.05, 0.1) is 6.04 Å². The molecule has 3 aromatic rings. The summed E-state index contributed by atoms with van der Waals surface area (Å²) >= 11 is 0. The molecule has 1 atom stereocenters. The van der Waals surface area contributed by atoms with Crippen molar-refractivity contribution in [1.29, 1.82) is 0 Å². The Kier molecular flexibility index (Phi) is 5.05. The molecular formula is C22H24N4O3. The molecule has 1 saturated heterocycles. The first-order valence-corrected chi connectivity index (χ1v) is 9.75. The van der Waals surface area contributed by atoms with E-state index in [1.165, 1.54) is 0 Å². The van der Waals surface area contributed by atoms with Crippen LogP contribution >= 0.6 is 0 Å². The number of ether oxygens (including phenoxy) is 1. The summed E-state index contributed by atoms with van der Waals surface area (Å²) in [5.41, 5.74) is 2.14. The lowest BCUT2D eigenvalue weighted by Gasteiger charge is -2.29. The number of hydrogen-bond donors (Lipinski definition) is 0. The highest BCUT2D eigenvalue weighted by Crippen LogP contribution is 2.35. The van der Waals surface area contributed by atoms with Gasteiger partial charge in [0.1, 0.15) is 5.60 Å². The molecule has 0 bridgehead atoms. The first-order valence-electron chi connectivity index (χ1n) is 9.75. The fraction of sp³-hybridized carbons (Fsp3) is 0.364. The SMILES string of the molecule is CC(C)(C)OC(=O)N1CCCC1c1cccc(-c2nc(-c3cccnc3)no2)c1. The molecule has 7 heteroatoms. The number of carbonyl (C=O) groups excluding carboxylic acids is 1. The Morgan fingerprint density at radius 1 is 1.21 bits per heavy atom. The second-order valence-electron chi connectivity index (χ2n) is 8.12. The summed E-state index contributed by atoms with van der Waals surface area (Å²) in [6.45, 7) is 6.33. The van der Waals surface area contributed by atoms with Crippen molar-refractivity contribution in [1.82, 2.24) is 20.0 Å². The molecule has 0 N–H and O–H groups in total. The lowest BCUT2D eigenvalue weighted by Crippen LogP contribution is -2.36. The molecule has 1 unspecified atom stereocenters. The van der Waals surface area contributed by atoms with Gasteiger partial charge in [-0.15, -0.1) is 0 Å². The van der Waals surface area contributed by atoms with Crippen LogP contribution in [0.1, 0.15) is 45.2 Å². The molecule has 1 amide bonds. The van der Waals surface area contributed by atoms with Gasteiger partial charge in [0.25, 0.3) is 5.89 Å². The van der Waals surface area contributed by atoms with Gasteiger partial charge in [0.15, 0.2) is 0 Å². The van der Waals surface area contributed by atoms with Crippen molar-refractivity contribution in [2.75, 3.05) is 6.54 Å². The number of aromatic nitrogens is 3. The van der Waals surface area contributed by atoms with Gasteiger partial charge in [0.2, 0.25) is 5.82 Å². The molecule has 7 nitrogen and oxygen atoms in total. The quantitative estimate of drug-likeness (QED) is 0.632. The van der Waals surface area contributed by atoms with Crippen LogP contribution in [0.25, 0.3) is 22.8 Å². The molecule has 3 heterocycles. The van der Waals surface area contributed by atoms with Crippen LogP contribution in [0.15, 0.2) is 53.3 Å². The maximum atomic E-state index is 12.6. The van der Waals surface area contributed by atoms with E-state index in [9.17, 15) is 4.79 Å². The third-order valence-electron chi connectivity index (χ3n) is 4.74. The standard InChI is InChI=1S/C22H24N4O3/c1-22(2,3)28-21(27)26-12-6-10-18(26)15-7-4-8-16(13-15)20-24-19(25-29-20)17-9-5-11-23-14-17/h4-5,7-9,11,13-14,18H,6,10,12H2,1-3H3. The van der Waals surface area contributed by atoms with E-state index in [0.717, 1.165) is 29.5 Å². The number of likely N-dealkylation sites (tertiary alicyclic amines) is 1. The summed E-state index contributed by atoms with van der Waals surface area (Å²) in [5.74, 6) is 0.933. The monoisotopic (exact) mass is 392 g/mol. The minimum absolute atomic E-state index is 0.0227. The van der Waals surface area contributed by atoms with Gasteiger partial charge in [-0.05, 0) is 63.4 Å². The van der Waals surface area contributed by atoms with Crippen LogP contribution < -0.4 is 0 Å². The minimum atomic E-state index is -0.515. The van der Waals surface area contributed by atoms with Crippen molar-refractivity contribution < 1.29 is 14.1 Å². The predicted octanol–water partition coefficient (Wildman–Crippen LogP) is 4.87. The Morgan fingerprint density at radius 2 is 2.03 bits per heavy atom. The number of pyridine rings is 1. The molecule has 1 aromatic carbocycles. The highest BCUT2D eigenvalue weighted by Gasteiger charge is 2.33. The Labute approximate surface area is 169 Å². The maximum absolute atomic E-state index is 12.6. The lowest BCUT2D eigenvalue weighted by molar-refractivity contribution is 0.0224. The van der Waals surface area contributed by atoms with Crippen LogP contribution in [0.5, 0.6) is 0 Å². The van der Waals surface area contributed by atoms with Gasteiger partial charge in [-0.2, -0.15) is 4.98 Å². The normalized spacial score (nSPS) is 16.8. The third-order valence-corrected chi connectivity index (χ3v) is 4.74. The Bertz CT molecular complexity index is 995. The van der Waals surface area contributed by atoms with Crippen molar-refractivity contribution in [3.63, 3.8) is 0 Å². The molecule has 0 aliphatic carbocycles. The molecule has 0 saturated carbocycles. The summed E-state index contributed by atoms with van der Waals surface area (Å²) in [6.07, 6.45) is 4.96. The van der Waals surface area contributed by atoms with Crippen LogP contribution in [0.3, 0.4) is 0 Å². The van der Waals surface area contributed by atoms with Crippen LogP contribution in [-0.4, -0.2) is 38.3 Å². The summed E-state index contributed by atoms with van der Waals surface area (Å²) in [7, 11) is 0. The van der Waals surface area contributed by atoms with Crippen LogP contribution in [0, 0.1) is 0 Å². The number of benzene rings is 1. The van der Waals surface area contributed by atoms with E-state index in [1.807, 2.05) is 57.2 Å². The second kappa shape index (κ2) is 7.66.